The smallest absolute Gasteiger partial charge is 0.320 e. The van der Waals surface area contributed by atoms with Crippen LogP contribution in [0.15, 0.2) is 85.1 Å². The maximum absolute atomic E-state index is 13.6. The molecule has 0 bridgehead atoms. The Labute approximate surface area is 239 Å². The van der Waals surface area contributed by atoms with E-state index in [4.69, 9.17) is 9.84 Å². The quantitative estimate of drug-likeness (QED) is 0.285. The van der Waals surface area contributed by atoms with Gasteiger partial charge in [0, 0.05) is 56.2 Å². The van der Waals surface area contributed by atoms with Crippen molar-refractivity contribution >= 4 is 22.8 Å². The number of para-hydroxylation sites is 1. The van der Waals surface area contributed by atoms with Crippen molar-refractivity contribution < 1.29 is 9.53 Å². The van der Waals surface area contributed by atoms with Crippen LogP contribution in [0, 0.1) is 6.92 Å². The molecule has 2 aromatic heterocycles. The lowest BCUT2D eigenvalue weighted by molar-refractivity contribution is 0.159. The fraction of sp³-hybridized carbons (Fsp3) is 0.281. The highest BCUT2D eigenvalue weighted by Gasteiger charge is 2.35. The van der Waals surface area contributed by atoms with Crippen molar-refractivity contribution in [1.82, 2.24) is 29.8 Å². The first-order valence-electron chi connectivity index (χ1n) is 13.9. The van der Waals surface area contributed by atoms with E-state index in [9.17, 15) is 4.79 Å². The summed E-state index contributed by atoms with van der Waals surface area (Å²) in [4.78, 5) is 16.0. The monoisotopic (exact) mass is 549 g/mol. The van der Waals surface area contributed by atoms with Gasteiger partial charge in [-0.1, -0.05) is 54.6 Å². The summed E-state index contributed by atoms with van der Waals surface area (Å²) in [6.07, 6.45) is 1.86. The van der Waals surface area contributed by atoms with Gasteiger partial charge in [-0.15, -0.1) is 0 Å². The topological polar surface area (TPSA) is 89.2 Å². The van der Waals surface area contributed by atoms with Crippen LogP contribution in [0.4, 0.5) is 10.6 Å². The summed E-state index contributed by atoms with van der Waals surface area (Å²) >= 11 is 0. The number of aryl methyl sites for hydroxylation is 1. The fourth-order valence-corrected chi connectivity index (χ4v) is 5.77. The third kappa shape index (κ3) is 5.46. The number of benzene rings is 3. The van der Waals surface area contributed by atoms with E-state index in [1.54, 1.807) is 7.11 Å². The van der Waals surface area contributed by atoms with E-state index in [-0.39, 0.29) is 18.0 Å². The number of aromatic nitrogens is 4. The maximum atomic E-state index is 13.6. The molecule has 1 saturated heterocycles. The number of hydrogen-bond acceptors (Lipinski definition) is 5. The summed E-state index contributed by atoms with van der Waals surface area (Å²) in [5, 5.41) is 16.8. The Balaban J connectivity index is 1.30. The Morgan fingerprint density at radius 3 is 2.54 bits per heavy atom. The van der Waals surface area contributed by atoms with Gasteiger partial charge < -0.3 is 10.1 Å². The van der Waals surface area contributed by atoms with Crippen molar-refractivity contribution in [3.8, 4) is 16.9 Å². The number of rotatable bonds is 8. The van der Waals surface area contributed by atoms with Gasteiger partial charge in [-0.2, -0.15) is 10.2 Å². The van der Waals surface area contributed by atoms with Crippen LogP contribution in [0.3, 0.4) is 0 Å². The average molecular weight is 550 g/mol. The van der Waals surface area contributed by atoms with E-state index in [2.05, 4.69) is 63.1 Å². The fourth-order valence-electron chi connectivity index (χ4n) is 5.77. The molecule has 9 nitrogen and oxygen atoms in total. The molecule has 3 aromatic carbocycles. The first kappa shape index (κ1) is 26.7. The minimum Gasteiger partial charge on any atom is -0.383 e. The zero-order chi connectivity index (χ0) is 28.3. The summed E-state index contributed by atoms with van der Waals surface area (Å²) in [6.45, 7) is 5.09. The molecular formula is C32H35N7O2. The number of methoxy groups -OCH3 is 1. The van der Waals surface area contributed by atoms with Crippen LogP contribution in [-0.2, 0) is 11.8 Å². The van der Waals surface area contributed by atoms with Gasteiger partial charge in [0.25, 0.3) is 0 Å². The van der Waals surface area contributed by atoms with Crippen LogP contribution in [0.1, 0.15) is 17.0 Å². The standard InChI is InChI=1S/C32H35N7O2/c1-22-30(24-14-15-29-25(18-24)19-33-37(29)2)36-39(26-12-8-5-9-13-26)31(22)35-32(40)34-28-21-38(16-17-41-3)20-27(28)23-10-6-4-7-11-23/h4-15,18-19,27-28H,16-17,20-21H2,1-3H3,(H2,34,35,40)/t27-,28+/m0/s1. The van der Waals surface area contributed by atoms with Crippen LogP contribution in [0.5, 0.6) is 0 Å². The van der Waals surface area contributed by atoms with Crippen molar-refractivity contribution in [1.29, 1.82) is 0 Å². The Bertz CT molecular complexity index is 1650. The van der Waals surface area contributed by atoms with Gasteiger partial charge in [-0.05, 0) is 36.8 Å². The Hall–Kier alpha value is -4.47. The van der Waals surface area contributed by atoms with E-state index in [0.29, 0.717) is 12.4 Å². The van der Waals surface area contributed by atoms with E-state index >= 15 is 0 Å². The molecule has 41 heavy (non-hydrogen) atoms. The number of hydrogen-bond donors (Lipinski definition) is 2. The second-order valence-corrected chi connectivity index (χ2v) is 10.6. The first-order valence-corrected chi connectivity index (χ1v) is 13.9. The number of ether oxygens (including phenoxy) is 1. The van der Waals surface area contributed by atoms with E-state index in [0.717, 1.165) is 53.0 Å². The minimum absolute atomic E-state index is 0.0462. The molecule has 2 atom stereocenters. The average Bonchev–Trinajstić information content (AvgIpc) is 3.68. The number of fused-ring (bicyclic) bond motifs is 1. The summed E-state index contributed by atoms with van der Waals surface area (Å²) in [6, 6.07) is 26.2. The van der Waals surface area contributed by atoms with Crippen molar-refractivity contribution in [3.63, 3.8) is 0 Å². The molecule has 3 heterocycles. The van der Waals surface area contributed by atoms with Crippen molar-refractivity contribution in [2.45, 2.75) is 18.9 Å². The van der Waals surface area contributed by atoms with Gasteiger partial charge in [0.2, 0.25) is 0 Å². The summed E-state index contributed by atoms with van der Waals surface area (Å²) in [5.41, 5.74) is 5.80. The first-order chi connectivity index (χ1) is 20.0. The molecule has 210 valence electrons. The van der Waals surface area contributed by atoms with E-state index in [1.807, 2.05) is 65.9 Å². The largest absolute Gasteiger partial charge is 0.383 e. The molecule has 0 saturated carbocycles. The normalized spacial score (nSPS) is 17.2. The summed E-state index contributed by atoms with van der Waals surface area (Å²) < 4.78 is 8.98. The van der Waals surface area contributed by atoms with Crippen LogP contribution in [0.2, 0.25) is 0 Å². The number of anilines is 1. The Kier molecular flexibility index (Phi) is 7.54. The third-order valence-corrected chi connectivity index (χ3v) is 7.93. The SMILES string of the molecule is COCCN1C[C@@H](NC(=O)Nc2c(C)c(-c3ccc4c(cnn4C)c3)nn2-c2ccccc2)[C@H](c2ccccc2)C1. The van der Waals surface area contributed by atoms with Crippen molar-refractivity contribution in [2.24, 2.45) is 7.05 Å². The van der Waals surface area contributed by atoms with Gasteiger partial charge in [-0.3, -0.25) is 14.9 Å². The zero-order valence-corrected chi connectivity index (χ0v) is 23.6. The molecule has 0 aliphatic carbocycles. The van der Waals surface area contributed by atoms with Gasteiger partial charge in [-0.25, -0.2) is 9.48 Å². The minimum atomic E-state index is -0.251. The highest BCUT2D eigenvalue weighted by molar-refractivity contribution is 5.92. The molecule has 1 aliphatic rings. The predicted molar refractivity (Wildman–Crippen MR) is 161 cm³/mol. The number of amides is 2. The van der Waals surface area contributed by atoms with Crippen LogP contribution in [-0.4, -0.2) is 69.9 Å². The van der Waals surface area contributed by atoms with Crippen LogP contribution < -0.4 is 10.6 Å². The number of likely N-dealkylation sites (tertiary alicyclic amines) is 1. The Morgan fingerprint density at radius 2 is 1.78 bits per heavy atom. The Morgan fingerprint density at radius 1 is 1.02 bits per heavy atom. The number of urea groups is 1. The number of nitrogens with zero attached hydrogens (tertiary/aromatic N) is 5. The van der Waals surface area contributed by atoms with Crippen LogP contribution >= 0.6 is 0 Å². The molecule has 2 amide bonds. The molecule has 2 N–H and O–H groups in total. The highest BCUT2D eigenvalue weighted by Crippen LogP contribution is 2.33. The molecule has 9 heteroatoms. The second-order valence-electron chi connectivity index (χ2n) is 10.6. The molecule has 0 spiro atoms. The number of nitrogens with one attached hydrogen (secondary N) is 2. The highest BCUT2D eigenvalue weighted by atomic mass is 16.5. The van der Waals surface area contributed by atoms with Gasteiger partial charge in [0.1, 0.15) is 5.82 Å². The third-order valence-electron chi connectivity index (χ3n) is 7.93. The van der Waals surface area contributed by atoms with E-state index < -0.39 is 0 Å². The van der Waals surface area contributed by atoms with Crippen molar-refractivity contribution in [3.05, 3.63) is 96.2 Å². The summed E-state index contributed by atoms with van der Waals surface area (Å²) in [5.74, 6) is 0.821. The van der Waals surface area contributed by atoms with Crippen LogP contribution in [0.25, 0.3) is 27.8 Å². The zero-order valence-electron chi connectivity index (χ0n) is 23.6. The maximum Gasteiger partial charge on any atom is 0.320 e. The summed E-state index contributed by atoms with van der Waals surface area (Å²) in [7, 11) is 3.65. The molecule has 1 fully saturated rings. The van der Waals surface area contributed by atoms with Crippen molar-refractivity contribution in [2.75, 3.05) is 38.7 Å². The molecule has 5 aromatic rings. The van der Waals surface area contributed by atoms with Gasteiger partial charge >= 0.3 is 6.03 Å². The second kappa shape index (κ2) is 11.6. The lowest BCUT2D eigenvalue weighted by Crippen LogP contribution is -2.42. The molecule has 6 rings (SSSR count). The predicted octanol–water partition coefficient (Wildman–Crippen LogP) is 4.97. The number of carbonyl (C=O) groups is 1. The van der Waals surface area contributed by atoms with Gasteiger partial charge in [0.15, 0.2) is 0 Å². The molecule has 0 unspecified atom stereocenters. The lowest BCUT2D eigenvalue weighted by atomic mass is 9.94. The lowest BCUT2D eigenvalue weighted by Gasteiger charge is -2.21. The molecule has 0 radical (unpaired) electrons. The molecular weight excluding hydrogens is 514 g/mol. The molecule has 1 aliphatic heterocycles. The van der Waals surface area contributed by atoms with Gasteiger partial charge in [0.05, 0.1) is 35.7 Å². The number of carbonyl (C=O) groups excluding carboxylic acids is 1. The van der Waals surface area contributed by atoms with E-state index in [1.165, 1.54) is 5.56 Å².